The van der Waals surface area contributed by atoms with Gasteiger partial charge in [0.2, 0.25) is 0 Å². The molecule has 0 aliphatic carbocycles. The summed E-state index contributed by atoms with van der Waals surface area (Å²) >= 11 is 0. The fourth-order valence-electron chi connectivity index (χ4n) is 2.41. The first-order chi connectivity index (χ1) is 11.2. The molecule has 1 aromatic carbocycles. The SMILES string of the molecule is C=CCCC(C/C=C(/CO)CCOCc1ccccc1)C(=C)C. The first-order valence-corrected chi connectivity index (χ1v) is 8.34. The fourth-order valence-corrected chi connectivity index (χ4v) is 2.41. The summed E-state index contributed by atoms with van der Waals surface area (Å²) in [7, 11) is 0. The minimum absolute atomic E-state index is 0.0963. The van der Waals surface area contributed by atoms with Gasteiger partial charge in [-0.2, -0.15) is 0 Å². The highest BCUT2D eigenvalue weighted by Gasteiger charge is 2.07. The van der Waals surface area contributed by atoms with E-state index in [0.717, 1.165) is 31.3 Å². The summed E-state index contributed by atoms with van der Waals surface area (Å²) < 4.78 is 5.69. The molecule has 1 unspecified atom stereocenters. The van der Waals surface area contributed by atoms with Gasteiger partial charge in [0.15, 0.2) is 0 Å². The molecule has 1 aromatic rings. The van der Waals surface area contributed by atoms with Crippen molar-refractivity contribution in [3.8, 4) is 0 Å². The van der Waals surface area contributed by atoms with E-state index < -0.39 is 0 Å². The molecule has 0 radical (unpaired) electrons. The molecule has 0 spiro atoms. The minimum atomic E-state index is 0.0963. The minimum Gasteiger partial charge on any atom is -0.392 e. The summed E-state index contributed by atoms with van der Waals surface area (Å²) in [4.78, 5) is 0. The number of rotatable bonds is 12. The van der Waals surface area contributed by atoms with Crippen LogP contribution in [0.3, 0.4) is 0 Å². The van der Waals surface area contributed by atoms with Crippen LogP contribution in [0.15, 0.2) is 66.8 Å². The van der Waals surface area contributed by atoms with Crippen LogP contribution in [-0.4, -0.2) is 18.3 Å². The zero-order valence-electron chi connectivity index (χ0n) is 14.3. The van der Waals surface area contributed by atoms with Gasteiger partial charge in [0.25, 0.3) is 0 Å². The predicted octanol–water partition coefficient (Wildman–Crippen LogP) is 5.06. The van der Waals surface area contributed by atoms with Crippen LogP contribution in [0.1, 0.15) is 38.2 Å². The number of aliphatic hydroxyl groups is 1. The van der Waals surface area contributed by atoms with Crippen LogP contribution in [0.4, 0.5) is 0 Å². The van der Waals surface area contributed by atoms with Gasteiger partial charge in [-0.3, -0.25) is 0 Å². The van der Waals surface area contributed by atoms with Crippen LogP contribution in [-0.2, 0) is 11.3 Å². The maximum atomic E-state index is 9.51. The Morgan fingerprint density at radius 1 is 1.30 bits per heavy atom. The lowest BCUT2D eigenvalue weighted by atomic mass is 9.92. The molecule has 126 valence electrons. The molecule has 0 aliphatic heterocycles. The molecule has 0 amide bonds. The second-order valence-electron chi connectivity index (χ2n) is 5.95. The van der Waals surface area contributed by atoms with E-state index in [0.29, 0.717) is 19.1 Å². The molecule has 0 aromatic heterocycles. The van der Waals surface area contributed by atoms with E-state index in [4.69, 9.17) is 4.74 Å². The van der Waals surface area contributed by atoms with Gasteiger partial charge in [-0.05, 0) is 49.7 Å². The third-order valence-corrected chi connectivity index (χ3v) is 3.99. The molecule has 0 aliphatic rings. The van der Waals surface area contributed by atoms with Gasteiger partial charge in [-0.25, -0.2) is 0 Å². The van der Waals surface area contributed by atoms with Crippen LogP contribution in [0.25, 0.3) is 0 Å². The van der Waals surface area contributed by atoms with Crippen LogP contribution in [0.2, 0.25) is 0 Å². The number of allylic oxidation sites excluding steroid dienone is 3. The van der Waals surface area contributed by atoms with E-state index in [9.17, 15) is 5.11 Å². The standard InChI is InChI=1S/C21H30O2/c1-4-5-11-21(18(2)3)13-12-19(16-22)14-15-23-17-20-9-7-6-8-10-20/h4,6-10,12,21-22H,1-2,5,11,13-17H2,3H3/b19-12+. The van der Waals surface area contributed by atoms with Gasteiger partial charge in [0.05, 0.1) is 19.8 Å². The molecular formula is C21H30O2. The van der Waals surface area contributed by atoms with Crippen LogP contribution in [0.5, 0.6) is 0 Å². The van der Waals surface area contributed by atoms with Gasteiger partial charge >= 0.3 is 0 Å². The largest absolute Gasteiger partial charge is 0.392 e. The normalized spacial score (nSPS) is 12.9. The highest BCUT2D eigenvalue weighted by atomic mass is 16.5. The highest BCUT2D eigenvalue weighted by molar-refractivity contribution is 5.13. The van der Waals surface area contributed by atoms with Crippen LogP contribution < -0.4 is 0 Å². The molecular weight excluding hydrogens is 284 g/mol. The Hall–Kier alpha value is -1.64. The van der Waals surface area contributed by atoms with Crippen molar-refractivity contribution in [1.29, 1.82) is 0 Å². The summed E-state index contributed by atoms with van der Waals surface area (Å²) in [6.07, 6.45) is 7.86. The number of ether oxygens (including phenoxy) is 1. The first-order valence-electron chi connectivity index (χ1n) is 8.34. The molecule has 1 atom stereocenters. The van der Waals surface area contributed by atoms with Crippen molar-refractivity contribution < 1.29 is 9.84 Å². The van der Waals surface area contributed by atoms with Gasteiger partial charge < -0.3 is 9.84 Å². The summed E-state index contributed by atoms with van der Waals surface area (Å²) in [5.74, 6) is 0.458. The van der Waals surface area contributed by atoms with Crippen molar-refractivity contribution in [2.45, 2.75) is 39.2 Å². The lowest BCUT2D eigenvalue weighted by Gasteiger charge is -2.15. The molecule has 2 nitrogen and oxygen atoms in total. The van der Waals surface area contributed by atoms with Gasteiger partial charge in [0, 0.05) is 0 Å². The van der Waals surface area contributed by atoms with E-state index in [2.05, 4.69) is 38.3 Å². The monoisotopic (exact) mass is 314 g/mol. The van der Waals surface area contributed by atoms with E-state index in [1.165, 1.54) is 11.1 Å². The molecule has 0 saturated heterocycles. The maximum absolute atomic E-state index is 9.51. The van der Waals surface area contributed by atoms with E-state index in [1.54, 1.807) is 0 Å². The molecule has 0 saturated carbocycles. The summed E-state index contributed by atoms with van der Waals surface area (Å²) in [6, 6.07) is 10.1. The summed E-state index contributed by atoms with van der Waals surface area (Å²) in [5.41, 5.74) is 3.41. The first kappa shape index (κ1) is 19.4. The Bertz CT molecular complexity index is 488. The third-order valence-electron chi connectivity index (χ3n) is 3.99. The average molecular weight is 314 g/mol. The molecule has 23 heavy (non-hydrogen) atoms. The Labute approximate surface area is 141 Å². The fraction of sp³-hybridized carbons (Fsp3) is 0.429. The topological polar surface area (TPSA) is 29.5 Å². The van der Waals surface area contributed by atoms with Crippen LogP contribution >= 0.6 is 0 Å². The number of hydrogen-bond donors (Lipinski definition) is 1. The molecule has 1 rings (SSSR count). The second-order valence-corrected chi connectivity index (χ2v) is 5.95. The predicted molar refractivity (Wildman–Crippen MR) is 98.2 cm³/mol. The maximum Gasteiger partial charge on any atom is 0.0717 e. The van der Waals surface area contributed by atoms with Crippen molar-refractivity contribution >= 4 is 0 Å². The van der Waals surface area contributed by atoms with E-state index in [1.807, 2.05) is 24.3 Å². The molecule has 0 heterocycles. The summed E-state index contributed by atoms with van der Waals surface area (Å²) in [5, 5.41) is 9.51. The quantitative estimate of drug-likeness (QED) is 0.431. The van der Waals surface area contributed by atoms with Crippen molar-refractivity contribution in [3.05, 3.63) is 72.4 Å². The Morgan fingerprint density at radius 3 is 2.65 bits per heavy atom. The number of hydrogen-bond acceptors (Lipinski definition) is 2. The molecule has 0 fully saturated rings. The van der Waals surface area contributed by atoms with E-state index in [-0.39, 0.29) is 6.61 Å². The highest BCUT2D eigenvalue weighted by Crippen LogP contribution is 2.21. The Morgan fingerprint density at radius 2 is 2.04 bits per heavy atom. The van der Waals surface area contributed by atoms with Crippen molar-refractivity contribution in [1.82, 2.24) is 0 Å². The van der Waals surface area contributed by atoms with Crippen LogP contribution in [0, 0.1) is 5.92 Å². The summed E-state index contributed by atoms with van der Waals surface area (Å²) in [6.45, 7) is 11.3. The third kappa shape index (κ3) is 8.53. The van der Waals surface area contributed by atoms with E-state index >= 15 is 0 Å². The zero-order valence-corrected chi connectivity index (χ0v) is 14.3. The number of aliphatic hydroxyl groups excluding tert-OH is 1. The lowest BCUT2D eigenvalue weighted by molar-refractivity contribution is 0.121. The molecule has 0 bridgehead atoms. The van der Waals surface area contributed by atoms with Gasteiger partial charge in [0.1, 0.15) is 0 Å². The smallest absolute Gasteiger partial charge is 0.0717 e. The Kier molecular flexibility index (Phi) is 10.0. The van der Waals surface area contributed by atoms with Crippen molar-refractivity contribution in [2.24, 2.45) is 5.92 Å². The van der Waals surface area contributed by atoms with Gasteiger partial charge in [-0.15, -0.1) is 6.58 Å². The van der Waals surface area contributed by atoms with Crippen molar-refractivity contribution in [2.75, 3.05) is 13.2 Å². The number of benzene rings is 1. The van der Waals surface area contributed by atoms with Crippen molar-refractivity contribution in [3.63, 3.8) is 0 Å². The Balaban J connectivity index is 2.36. The average Bonchev–Trinajstić information content (AvgIpc) is 2.57. The lowest BCUT2D eigenvalue weighted by Crippen LogP contribution is -2.03. The van der Waals surface area contributed by atoms with Gasteiger partial charge in [-0.1, -0.05) is 54.6 Å². The molecule has 1 N–H and O–H groups in total. The zero-order chi connectivity index (χ0) is 16.9. The second kappa shape index (κ2) is 11.9. The molecule has 2 heteroatoms.